The monoisotopic (exact) mass is 460 g/mol. The van der Waals surface area contributed by atoms with Crippen molar-refractivity contribution in [3.05, 3.63) is 66.1 Å². The van der Waals surface area contributed by atoms with Crippen molar-refractivity contribution in [3.8, 4) is 0 Å². The average Bonchev–Trinajstić information content (AvgIpc) is 3.42. The zero-order valence-corrected chi connectivity index (χ0v) is 19.5. The van der Waals surface area contributed by atoms with E-state index in [2.05, 4.69) is 46.1 Å². The number of benzene rings is 1. The van der Waals surface area contributed by atoms with Gasteiger partial charge in [-0.1, -0.05) is 45.0 Å². The number of fused-ring (bicyclic) bond motifs is 1. The molecule has 0 saturated carbocycles. The molecule has 0 aliphatic carbocycles. The summed E-state index contributed by atoms with van der Waals surface area (Å²) >= 11 is 0. The highest BCUT2D eigenvalue weighted by Gasteiger charge is 2.16. The van der Waals surface area contributed by atoms with E-state index in [1.54, 1.807) is 0 Å². The molecule has 4 rings (SSSR count). The number of nitrogens with one attached hydrogen (secondary N) is 1. The highest BCUT2D eigenvalue weighted by molar-refractivity contribution is 5.94. The molecule has 0 unspecified atom stereocenters. The van der Waals surface area contributed by atoms with Crippen molar-refractivity contribution in [1.82, 2.24) is 34.6 Å². The van der Waals surface area contributed by atoms with E-state index in [0.717, 1.165) is 10.9 Å². The average molecular weight is 461 g/mol. The van der Waals surface area contributed by atoms with Crippen molar-refractivity contribution >= 4 is 28.5 Å². The van der Waals surface area contributed by atoms with Crippen LogP contribution in [0.5, 0.6) is 0 Å². The van der Waals surface area contributed by atoms with E-state index in [9.17, 15) is 9.59 Å². The zero-order chi connectivity index (χ0) is 24.3. The highest BCUT2D eigenvalue weighted by atomic mass is 16.2. The molecule has 10 heteroatoms. The molecular weight excluding hydrogens is 432 g/mol. The first kappa shape index (κ1) is 23.1. The Hall–Kier alpha value is -4.08. The zero-order valence-electron chi connectivity index (χ0n) is 19.5. The number of nitrogens with zero attached hydrogens (tertiary/aromatic N) is 6. The van der Waals surface area contributed by atoms with Crippen LogP contribution in [0.1, 0.15) is 42.5 Å². The maximum Gasteiger partial charge on any atom is 0.241 e. The van der Waals surface area contributed by atoms with Crippen LogP contribution in [0, 0.1) is 0 Å². The second-order valence-electron chi connectivity index (χ2n) is 9.17. The molecule has 0 bridgehead atoms. The standard InChI is InChI=1S/C24H28N8O2/c1-24(2,3)17-6-4-16(5-7-17)12-19(33)22-29-15-32(30-22)13-20(34)26-9-11-31-10-8-18-21(25)27-14-28-23(18)31/h4-8,10,14-15H,9,11-13H2,1-3H3,(H,26,34)(H2,25,27,28). The molecule has 3 aromatic heterocycles. The molecule has 1 aromatic carbocycles. The molecule has 3 N–H and O–H groups in total. The predicted octanol–water partition coefficient (Wildman–Crippen LogP) is 2.14. The van der Waals surface area contributed by atoms with Crippen LogP contribution in [-0.2, 0) is 29.7 Å². The fraction of sp³-hybridized carbons (Fsp3) is 0.333. The van der Waals surface area contributed by atoms with E-state index in [1.807, 2.05) is 41.1 Å². The fourth-order valence-electron chi connectivity index (χ4n) is 3.61. The Bertz CT molecular complexity index is 1320. The summed E-state index contributed by atoms with van der Waals surface area (Å²) in [5, 5.41) is 7.78. The maximum atomic E-state index is 12.6. The Balaban J connectivity index is 1.27. The van der Waals surface area contributed by atoms with E-state index in [4.69, 9.17) is 5.73 Å². The number of aromatic nitrogens is 6. The van der Waals surface area contributed by atoms with Crippen molar-refractivity contribution in [2.45, 2.75) is 45.7 Å². The van der Waals surface area contributed by atoms with Crippen LogP contribution in [0.4, 0.5) is 5.82 Å². The Labute approximate surface area is 197 Å². The van der Waals surface area contributed by atoms with E-state index in [1.165, 1.54) is 22.9 Å². The number of nitrogen functional groups attached to an aromatic ring is 1. The van der Waals surface area contributed by atoms with Crippen LogP contribution in [0.15, 0.2) is 49.2 Å². The molecule has 0 atom stereocenters. The van der Waals surface area contributed by atoms with Gasteiger partial charge < -0.3 is 15.6 Å². The molecule has 0 saturated heterocycles. The smallest absolute Gasteiger partial charge is 0.241 e. The van der Waals surface area contributed by atoms with Gasteiger partial charge in [0.15, 0.2) is 0 Å². The molecule has 10 nitrogen and oxygen atoms in total. The Morgan fingerprint density at radius 3 is 2.56 bits per heavy atom. The minimum Gasteiger partial charge on any atom is -0.383 e. The fourth-order valence-corrected chi connectivity index (χ4v) is 3.61. The summed E-state index contributed by atoms with van der Waals surface area (Å²) in [6.07, 6.45) is 4.87. The van der Waals surface area contributed by atoms with E-state index in [-0.39, 0.29) is 35.9 Å². The van der Waals surface area contributed by atoms with Crippen LogP contribution >= 0.6 is 0 Å². The third-order valence-electron chi connectivity index (χ3n) is 5.54. The summed E-state index contributed by atoms with van der Waals surface area (Å²) in [4.78, 5) is 37.2. The van der Waals surface area contributed by atoms with Gasteiger partial charge in [0.05, 0.1) is 5.39 Å². The second-order valence-corrected chi connectivity index (χ2v) is 9.17. The molecule has 0 fully saturated rings. The van der Waals surface area contributed by atoms with Crippen molar-refractivity contribution < 1.29 is 9.59 Å². The van der Waals surface area contributed by atoms with E-state index < -0.39 is 0 Å². The van der Waals surface area contributed by atoms with Crippen LogP contribution in [0.2, 0.25) is 0 Å². The van der Waals surface area contributed by atoms with Gasteiger partial charge >= 0.3 is 0 Å². The van der Waals surface area contributed by atoms with Gasteiger partial charge in [0.2, 0.25) is 17.5 Å². The number of hydrogen-bond acceptors (Lipinski definition) is 7. The van der Waals surface area contributed by atoms with Gasteiger partial charge in [-0.25, -0.2) is 19.6 Å². The molecule has 3 heterocycles. The third kappa shape index (κ3) is 5.28. The summed E-state index contributed by atoms with van der Waals surface area (Å²) in [5.74, 6) is 0.103. The minimum atomic E-state index is -0.229. The summed E-state index contributed by atoms with van der Waals surface area (Å²) in [6, 6.07) is 9.84. The number of hydrogen-bond donors (Lipinski definition) is 2. The van der Waals surface area contributed by atoms with Crippen molar-refractivity contribution in [3.63, 3.8) is 0 Å². The van der Waals surface area contributed by atoms with Gasteiger partial charge in [-0.15, -0.1) is 5.10 Å². The van der Waals surface area contributed by atoms with Crippen LogP contribution in [-0.4, -0.2) is 47.5 Å². The van der Waals surface area contributed by atoms with Crippen molar-refractivity contribution in [2.24, 2.45) is 0 Å². The largest absolute Gasteiger partial charge is 0.383 e. The first-order valence-corrected chi connectivity index (χ1v) is 11.0. The molecule has 1 amide bonds. The lowest BCUT2D eigenvalue weighted by Gasteiger charge is -2.19. The number of nitrogens with two attached hydrogens (primary N) is 1. The number of carbonyl (C=O) groups excluding carboxylic acids is 2. The lowest BCUT2D eigenvalue weighted by atomic mass is 9.86. The lowest BCUT2D eigenvalue weighted by Crippen LogP contribution is -2.30. The first-order chi connectivity index (χ1) is 16.2. The minimum absolute atomic E-state index is 0.0257. The molecule has 4 aromatic rings. The highest BCUT2D eigenvalue weighted by Crippen LogP contribution is 2.22. The summed E-state index contributed by atoms with van der Waals surface area (Å²) in [7, 11) is 0. The SMILES string of the molecule is CC(C)(C)c1ccc(CC(=O)c2ncn(CC(=O)NCCn3ccc4c(N)ncnc43)n2)cc1. The molecular formula is C24H28N8O2. The van der Waals surface area contributed by atoms with Gasteiger partial charge in [-0.05, 0) is 22.6 Å². The van der Waals surface area contributed by atoms with Crippen LogP contribution in [0.25, 0.3) is 11.0 Å². The van der Waals surface area contributed by atoms with Crippen LogP contribution < -0.4 is 11.1 Å². The molecule has 0 aliphatic heterocycles. The number of amides is 1. The number of Topliss-reactive ketones (excluding diaryl/α,β-unsaturated/α-hetero) is 1. The first-order valence-electron chi connectivity index (χ1n) is 11.0. The molecule has 0 spiro atoms. The molecule has 0 radical (unpaired) electrons. The quantitative estimate of drug-likeness (QED) is 0.385. The summed E-state index contributed by atoms with van der Waals surface area (Å²) in [6.45, 7) is 7.34. The normalized spacial score (nSPS) is 11.6. The summed E-state index contributed by atoms with van der Waals surface area (Å²) < 4.78 is 3.26. The van der Waals surface area contributed by atoms with E-state index >= 15 is 0 Å². The Morgan fingerprint density at radius 2 is 1.82 bits per heavy atom. The third-order valence-corrected chi connectivity index (χ3v) is 5.54. The molecule has 34 heavy (non-hydrogen) atoms. The van der Waals surface area contributed by atoms with Gasteiger partial charge in [-0.3, -0.25) is 9.59 Å². The molecule has 176 valence electrons. The lowest BCUT2D eigenvalue weighted by molar-refractivity contribution is -0.121. The van der Waals surface area contributed by atoms with Crippen molar-refractivity contribution in [1.29, 1.82) is 0 Å². The predicted molar refractivity (Wildman–Crippen MR) is 128 cm³/mol. The van der Waals surface area contributed by atoms with Crippen LogP contribution in [0.3, 0.4) is 0 Å². The topological polar surface area (TPSA) is 134 Å². The van der Waals surface area contributed by atoms with E-state index in [0.29, 0.717) is 24.6 Å². The van der Waals surface area contributed by atoms with Crippen molar-refractivity contribution in [2.75, 3.05) is 12.3 Å². The van der Waals surface area contributed by atoms with Gasteiger partial charge in [0.25, 0.3) is 0 Å². The maximum absolute atomic E-state index is 12.6. The number of anilines is 1. The number of ketones is 1. The Kier molecular flexibility index (Phi) is 6.40. The second kappa shape index (κ2) is 9.42. The van der Waals surface area contributed by atoms with Gasteiger partial charge in [0, 0.05) is 25.7 Å². The number of rotatable bonds is 8. The Morgan fingerprint density at radius 1 is 1.06 bits per heavy atom. The molecule has 0 aliphatic rings. The van der Waals surface area contributed by atoms with Gasteiger partial charge in [-0.2, -0.15) is 0 Å². The number of carbonyl (C=O) groups is 2. The summed E-state index contributed by atoms with van der Waals surface area (Å²) in [5.41, 5.74) is 8.73. The van der Waals surface area contributed by atoms with Gasteiger partial charge in [0.1, 0.15) is 30.7 Å².